The molecule has 7 heteroatoms. The van der Waals surface area contributed by atoms with Gasteiger partial charge in [-0.25, -0.2) is 9.37 Å². The van der Waals surface area contributed by atoms with Crippen molar-refractivity contribution in [2.45, 2.75) is 26.6 Å². The standard InChI is InChI=1S/C30H32FN5O/c1-21-2-5-23(6-3-21)26-18-22(4-11-27(26)35-14-16-37-17-15-35)19-34-12-13-36-28(20-34)33-29(30(36)32)24-7-9-25(31)10-8-24/h2-11,18H,12-17,19-20,32H2,1H3. The third kappa shape index (κ3) is 4.84. The number of halogens is 1. The van der Waals surface area contributed by atoms with E-state index in [0.717, 1.165) is 69.6 Å². The lowest BCUT2D eigenvalue weighted by molar-refractivity contribution is 0.123. The number of imidazole rings is 1. The van der Waals surface area contributed by atoms with Gasteiger partial charge in [0.15, 0.2) is 0 Å². The second-order valence-corrected chi connectivity index (χ2v) is 9.95. The number of aryl methyl sites for hydroxylation is 1. The number of hydrogen-bond donors (Lipinski definition) is 1. The van der Waals surface area contributed by atoms with E-state index in [-0.39, 0.29) is 5.82 Å². The van der Waals surface area contributed by atoms with E-state index in [0.29, 0.717) is 5.82 Å². The Kier molecular flexibility index (Phi) is 6.40. The van der Waals surface area contributed by atoms with Crippen LogP contribution in [0.15, 0.2) is 66.7 Å². The number of hydrogen-bond acceptors (Lipinski definition) is 5. The van der Waals surface area contributed by atoms with Crippen molar-refractivity contribution < 1.29 is 9.13 Å². The van der Waals surface area contributed by atoms with Crippen LogP contribution >= 0.6 is 0 Å². The predicted octanol–water partition coefficient (Wildman–Crippen LogP) is 5.10. The van der Waals surface area contributed by atoms with Crippen molar-refractivity contribution in [3.63, 3.8) is 0 Å². The van der Waals surface area contributed by atoms with Crippen LogP contribution in [0.5, 0.6) is 0 Å². The molecule has 4 aromatic rings. The molecule has 1 aromatic heterocycles. The van der Waals surface area contributed by atoms with Gasteiger partial charge in [0.1, 0.15) is 23.2 Å². The SMILES string of the molecule is Cc1ccc(-c2cc(CN3CCn4c(nc(-c5ccc(F)cc5)c4N)C3)ccc2N2CCOCC2)cc1. The molecule has 6 rings (SSSR count). The molecule has 3 heterocycles. The number of anilines is 2. The molecule has 0 saturated carbocycles. The summed E-state index contributed by atoms with van der Waals surface area (Å²) in [4.78, 5) is 9.69. The van der Waals surface area contributed by atoms with E-state index in [9.17, 15) is 4.39 Å². The monoisotopic (exact) mass is 497 g/mol. The van der Waals surface area contributed by atoms with Crippen LogP contribution < -0.4 is 10.6 Å². The Morgan fingerprint density at radius 1 is 0.892 bits per heavy atom. The van der Waals surface area contributed by atoms with Gasteiger partial charge in [0.2, 0.25) is 0 Å². The van der Waals surface area contributed by atoms with Crippen molar-refractivity contribution >= 4 is 11.5 Å². The summed E-state index contributed by atoms with van der Waals surface area (Å²) in [6.45, 7) is 8.69. The molecule has 3 aromatic carbocycles. The van der Waals surface area contributed by atoms with Crippen molar-refractivity contribution in [1.29, 1.82) is 0 Å². The van der Waals surface area contributed by atoms with E-state index in [1.807, 2.05) is 0 Å². The van der Waals surface area contributed by atoms with Gasteiger partial charge in [0.05, 0.1) is 19.8 Å². The maximum Gasteiger partial charge on any atom is 0.131 e. The summed E-state index contributed by atoms with van der Waals surface area (Å²) in [6, 6.07) is 22.0. The topological polar surface area (TPSA) is 59.5 Å². The number of nitrogen functional groups attached to an aromatic ring is 1. The molecule has 0 bridgehead atoms. The first-order chi connectivity index (χ1) is 18.0. The van der Waals surface area contributed by atoms with Crippen molar-refractivity contribution in [2.75, 3.05) is 43.5 Å². The molecule has 0 radical (unpaired) electrons. The molecule has 2 aliphatic rings. The lowest BCUT2D eigenvalue weighted by Crippen LogP contribution is -2.36. The fourth-order valence-electron chi connectivity index (χ4n) is 5.34. The normalized spacial score (nSPS) is 16.1. The summed E-state index contributed by atoms with van der Waals surface area (Å²) in [5, 5.41) is 0. The third-order valence-corrected chi connectivity index (χ3v) is 7.39. The summed E-state index contributed by atoms with van der Waals surface area (Å²) in [6.07, 6.45) is 0. The number of benzene rings is 3. The molecule has 1 fully saturated rings. The number of morpholine rings is 1. The summed E-state index contributed by atoms with van der Waals surface area (Å²) in [5.41, 5.74) is 14.3. The summed E-state index contributed by atoms with van der Waals surface area (Å²) in [5.74, 6) is 1.34. The van der Waals surface area contributed by atoms with Crippen LogP contribution in [-0.4, -0.2) is 47.3 Å². The van der Waals surface area contributed by atoms with Gasteiger partial charge >= 0.3 is 0 Å². The Hall–Kier alpha value is -3.68. The van der Waals surface area contributed by atoms with E-state index in [2.05, 4.69) is 63.8 Å². The molecule has 0 atom stereocenters. The van der Waals surface area contributed by atoms with Crippen molar-refractivity contribution in [1.82, 2.24) is 14.5 Å². The zero-order valence-corrected chi connectivity index (χ0v) is 21.2. The second-order valence-electron chi connectivity index (χ2n) is 9.95. The molecule has 190 valence electrons. The first-order valence-corrected chi connectivity index (χ1v) is 12.9. The van der Waals surface area contributed by atoms with Crippen LogP contribution in [0.1, 0.15) is 17.0 Å². The van der Waals surface area contributed by atoms with Crippen LogP contribution in [0.3, 0.4) is 0 Å². The molecule has 37 heavy (non-hydrogen) atoms. The highest BCUT2D eigenvalue weighted by Gasteiger charge is 2.24. The maximum atomic E-state index is 13.4. The van der Waals surface area contributed by atoms with E-state index >= 15 is 0 Å². The molecule has 2 aliphatic heterocycles. The van der Waals surface area contributed by atoms with Gasteiger partial charge in [-0.2, -0.15) is 0 Å². The summed E-state index contributed by atoms with van der Waals surface area (Å²) >= 11 is 0. The Balaban J connectivity index is 1.26. The van der Waals surface area contributed by atoms with Gasteiger partial charge in [-0.3, -0.25) is 4.90 Å². The highest BCUT2D eigenvalue weighted by atomic mass is 19.1. The number of ether oxygens (including phenoxy) is 1. The maximum absolute atomic E-state index is 13.4. The molecule has 0 spiro atoms. The van der Waals surface area contributed by atoms with Crippen molar-refractivity contribution in [2.24, 2.45) is 0 Å². The number of aromatic nitrogens is 2. The minimum Gasteiger partial charge on any atom is -0.383 e. The Labute approximate surface area is 217 Å². The number of nitrogens with zero attached hydrogens (tertiary/aromatic N) is 4. The average Bonchev–Trinajstić information content (AvgIpc) is 3.25. The summed E-state index contributed by atoms with van der Waals surface area (Å²) in [7, 11) is 0. The highest BCUT2D eigenvalue weighted by Crippen LogP contribution is 2.34. The van der Waals surface area contributed by atoms with Crippen LogP contribution in [-0.2, 0) is 24.4 Å². The molecular weight excluding hydrogens is 465 g/mol. The predicted molar refractivity (Wildman–Crippen MR) is 146 cm³/mol. The Bertz CT molecular complexity index is 1390. The van der Waals surface area contributed by atoms with Crippen LogP contribution in [0.4, 0.5) is 15.9 Å². The van der Waals surface area contributed by atoms with Gasteiger partial charge in [0.25, 0.3) is 0 Å². The minimum absolute atomic E-state index is 0.262. The molecule has 1 saturated heterocycles. The highest BCUT2D eigenvalue weighted by molar-refractivity contribution is 5.79. The number of nitrogens with two attached hydrogens (primary N) is 1. The van der Waals surface area contributed by atoms with Crippen molar-refractivity contribution in [3.8, 4) is 22.4 Å². The number of rotatable bonds is 5. The van der Waals surface area contributed by atoms with Gasteiger partial charge < -0.3 is 19.9 Å². The average molecular weight is 498 g/mol. The van der Waals surface area contributed by atoms with E-state index in [1.165, 1.54) is 40.1 Å². The molecule has 0 amide bonds. The van der Waals surface area contributed by atoms with Crippen LogP contribution in [0.2, 0.25) is 0 Å². The van der Waals surface area contributed by atoms with Crippen LogP contribution in [0.25, 0.3) is 22.4 Å². The van der Waals surface area contributed by atoms with E-state index in [1.54, 1.807) is 12.1 Å². The largest absolute Gasteiger partial charge is 0.383 e. The van der Waals surface area contributed by atoms with Gasteiger partial charge in [-0.05, 0) is 54.4 Å². The first kappa shape index (κ1) is 23.7. The van der Waals surface area contributed by atoms with Gasteiger partial charge in [-0.1, -0.05) is 35.9 Å². The number of fused-ring (bicyclic) bond motifs is 1. The zero-order valence-electron chi connectivity index (χ0n) is 21.2. The lowest BCUT2D eigenvalue weighted by atomic mass is 9.98. The first-order valence-electron chi connectivity index (χ1n) is 12.9. The zero-order chi connectivity index (χ0) is 25.4. The van der Waals surface area contributed by atoms with Gasteiger partial charge in [-0.15, -0.1) is 0 Å². The Morgan fingerprint density at radius 3 is 2.38 bits per heavy atom. The summed E-state index contributed by atoms with van der Waals surface area (Å²) < 4.78 is 21.1. The van der Waals surface area contributed by atoms with Crippen LogP contribution in [0, 0.1) is 12.7 Å². The second kappa shape index (κ2) is 10.00. The third-order valence-electron chi connectivity index (χ3n) is 7.39. The van der Waals surface area contributed by atoms with Crippen molar-refractivity contribution in [3.05, 3.63) is 89.5 Å². The smallest absolute Gasteiger partial charge is 0.131 e. The molecule has 2 N–H and O–H groups in total. The molecule has 0 unspecified atom stereocenters. The molecule has 0 aliphatic carbocycles. The fraction of sp³-hybridized carbons (Fsp3) is 0.300. The lowest BCUT2D eigenvalue weighted by Gasteiger charge is -2.32. The molecule has 6 nitrogen and oxygen atoms in total. The fourth-order valence-corrected chi connectivity index (χ4v) is 5.34. The van der Waals surface area contributed by atoms with E-state index < -0.39 is 0 Å². The van der Waals surface area contributed by atoms with E-state index in [4.69, 9.17) is 15.5 Å². The Morgan fingerprint density at radius 2 is 1.62 bits per heavy atom. The van der Waals surface area contributed by atoms with Gasteiger partial charge in [0, 0.05) is 49.5 Å². The minimum atomic E-state index is -0.262. The quantitative estimate of drug-likeness (QED) is 0.416. The molecular formula is C30H32FN5O.